The number of aryl methyl sites for hydroxylation is 3. The molecule has 1 amide bonds. The summed E-state index contributed by atoms with van der Waals surface area (Å²) < 4.78 is 13.0. The second-order valence-corrected chi connectivity index (χ2v) is 6.70. The molecule has 0 saturated carbocycles. The van der Waals surface area contributed by atoms with Crippen molar-refractivity contribution in [3.8, 4) is 5.75 Å². The molecule has 28 heavy (non-hydrogen) atoms. The molecule has 1 aromatic carbocycles. The Bertz CT molecular complexity index is 1050. The molecule has 0 aliphatic heterocycles. The Hall–Kier alpha value is -3.16. The summed E-state index contributed by atoms with van der Waals surface area (Å²) in [7, 11) is 0. The molecule has 0 spiro atoms. The van der Waals surface area contributed by atoms with Crippen LogP contribution in [0.1, 0.15) is 38.3 Å². The second-order valence-electron chi connectivity index (χ2n) is 6.70. The monoisotopic (exact) mass is 384 g/mol. The normalized spacial score (nSPS) is 12.1. The third-order valence-corrected chi connectivity index (χ3v) is 4.33. The van der Waals surface area contributed by atoms with E-state index in [0.29, 0.717) is 29.0 Å². The summed E-state index contributed by atoms with van der Waals surface area (Å²) in [6, 6.07) is 5.09. The van der Waals surface area contributed by atoms with Crippen molar-refractivity contribution in [3.05, 3.63) is 45.9 Å². The molecule has 148 valence electrons. The highest BCUT2D eigenvalue weighted by Crippen LogP contribution is 2.31. The van der Waals surface area contributed by atoms with Crippen LogP contribution in [0.25, 0.3) is 11.0 Å². The smallest absolute Gasteiger partial charge is 0.336 e. The molecular weight excluding hydrogens is 360 g/mol. The van der Waals surface area contributed by atoms with Crippen LogP contribution in [-0.4, -0.2) is 27.0 Å². The molecule has 0 radical (unpaired) electrons. The van der Waals surface area contributed by atoms with Crippen molar-refractivity contribution in [2.24, 2.45) is 0 Å². The van der Waals surface area contributed by atoms with Crippen LogP contribution in [0.15, 0.2) is 33.6 Å². The minimum atomic E-state index is -0.780. The van der Waals surface area contributed by atoms with Gasteiger partial charge in [-0.05, 0) is 49.9 Å². The maximum absolute atomic E-state index is 12.5. The molecule has 3 aromatic rings. The average Bonchev–Trinajstić information content (AvgIpc) is 3.07. The molecule has 0 bridgehead atoms. The van der Waals surface area contributed by atoms with E-state index in [-0.39, 0.29) is 5.91 Å². The van der Waals surface area contributed by atoms with E-state index >= 15 is 0 Å². The van der Waals surface area contributed by atoms with Gasteiger partial charge in [0.2, 0.25) is 0 Å². The molecule has 2 heterocycles. The number of anilines is 1. The molecule has 2 aromatic heterocycles. The van der Waals surface area contributed by atoms with E-state index in [4.69, 9.17) is 9.15 Å². The summed E-state index contributed by atoms with van der Waals surface area (Å²) in [5, 5.41) is 11.3. The van der Waals surface area contributed by atoms with E-state index in [2.05, 4.69) is 15.6 Å². The van der Waals surface area contributed by atoms with Crippen LogP contribution in [0.5, 0.6) is 5.75 Å². The van der Waals surface area contributed by atoms with E-state index < -0.39 is 11.7 Å². The summed E-state index contributed by atoms with van der Waals surface area (Å²) in [4.78, 5) is 24.3. The Balaban J connectivity index is 1.84. The van der Waals surface area contributed by atoms with Gasteiger partial charge in [-0.1, -0.05) is 19.1 Å². The number of hydrogen-bond acceptors (Lipinski definition) is 6. The number of benzene rings is 1. The molecule has 8 heteroatoms. The van der Waals surface area contributed by atoms with Crippen molar-refractivity contribution < 1.29 is 13.9 Å². The van der Waals surface area contributed by atoms with Crippen LogP contribution < -0.4 is 15.7 Å². The van der Waals surface area contributed by atoms with Crippen LogP contribution in [0.4, 0.5) is 5.82 Å². The first kappa shape index (κ1) is 19.6. The fourth-order valence-electron chi connectivity index (χ4n) is 3.01. The zero-order valence-electron chi connectivity index (χ0n) is 16.5. The predicted octanol–water partition coefficient (Wildman–Crippen LogP) is 3.07. The van der Waals surface area contributed by atoms with Crippen LogP contribution in [0, 0.1) is 6.92 Å². The highest BCUT2D eigenvalue weighted by Gasteiger charge is 2.19. The highest BCUT2D eigenvalue weighted by molar-refractivity contribution is 5.94. The van der Waals surface area contributed by atoms with Crippen LogP contribution in [0.2, 0.25) is 0 Å². The lowest BCUT2D eigenvalue weighted by Gasteiger charge is -2.17. The van der Waals surface area contributed by atoms with Gasteiger partial charge in [0.25, 0.3) is 5.91 Å². The van der Waals surface area contributed by atoms with Crippen molar-refractivity contribution in [1.29, 1.82) is 0 Å². The maximum Gasteiger partial charge on any atom is 0.336 e. The van der Waals surface area contributed by atoms with E-state index in [1.807, 2.05) is 26.8 Å². The number of carbonyl (C=O) groups is 1. The Morgan fingerprint density at radius 2 is 2.11 bits per heavy atom. The number of nitrogens with zero attached hydrogens (tertiary/aromatic N) is 3. The predicted molar refractivity (Wildman–Crippen MR) is 106 cm³/mol. The zero-order chi connectivity index (χ0) is 20.3. The molecule has 1 unspecified atom stereocenters. The lowest BCUT2D eigenvalue weighted by molar-refractivity contribution is -0.122. The van der Waals surface area contributed by atoms with Gasteiger partial charge < -0.3 is 14.5 Å². The minimum absolute atomic E-state index is 0.339. The fourth-order valence-corrected chi connectivity index (χ4v) is 3.01. The number of fused-ring (bicyclic) bond motifs is 1. The summed E-state index contributed by atoms with van der Waals surface area (Å²) in [5.74, 6) is 0.546. The van der Waals surface area contributed by atoms with E-state index in [9.17, 15) is 9.59 Å². The number of ether oxygens (including phenoxy) is 1. The summed E-state index contributed by atoms with van der Waals surface area (Å²) in [6.45, 7) is 8.25. The second kappa shape index (κ2) is 8.24. The largest absolute Gasteiger partial charge is 0.480 e. The molecule has 0 saturated heterocycles. The topological polar surface area (TPSA) is 99.2 Å². The van der Waals surface area contributed by atoms with Crippen molar-refractivity contribution >= 4 is 22.7 Å². The number of carbonyl (C=O) groups excluding carboxylic acids is 1. The van der Waals surface area contributed by atoms with Gasteiger partial charge >= 0.3 is 5.63 Å². The van der Waals surface area contributed by atoms with E-state index in [1.54, 1.807) is 23.9 Å². The van der Waals surface area contributed by atoms with Crippen LogP contribution >= 0.6 is 0 Å². The third kappa shape index (κ3) is 4.21. The Morgan fingerprint density at radius 3 is 2.82 bits per heavy atom. The van der Waals surface area contributed by atoms with Gasteiger partial charge in [0.1, 0.15) is 11.3 Å². The third-order valence-electron chi connectivity index (χ3n) is 4.33. The van der Waals surface area contributed by atoms with Gasteiger partial charge in [-0.15, -0.1) is 5.10 Å². The molecule has 1 atom stereocenters. The first-order valence-corrected chi connectivity index (χ1v) is 9.36. The minimum Gasteiger partial charge on any atom is -0.480 e. The molecule has 0 aliphatic rings. The molecule has 8 nitrogen and oxygen atoms in total. The Labute approximate surface area is 162 Å². The standard InChI is InChI=1S/C20H24N4O4/c1-5-7-24-11-17(22-23-24)21-20(26)13(4)27-15-8-12(3)9-16-19(15)14(6-2)10-18(25)28-16/h8-11,13H,5-7H2,1-4H3,(H,21,26). The number of hydrogen-bond donors (Lipinski definition) is 1. The first-order valence-electron chi connectivity index (χ1n) is 9.36. The quantitative estimate of drug-likeness (QED) is 0.629. The molecule has 0 aliphatic carbocycles. The number of amides is 1. The van der Waals surface area contributed by atoms with E-state index in [0.717, 1.165) is 24.1 Å². The summed E-state index contributed by atoms with van der Waals surface area (Å²) in [5.41, 5.74) is 1.74. The summed E-state index contributed by atoms with van der Waals surface area (Å²) >= 11 is 0. The first-order chi connectivity index (χ1) is 13.4. The van der Waals surface area contributed by atoms with Crippen molar-refractivity contribution in [3.63, 3.8) is 0 Å². The van der Waals surface area contributed by atoms with Gasteiger partial charge in [0.15, 0.2) is 11.9 Å². The molecular formula is C20H24N4O4. The lowest BCUT2D eigenvalue weighted by atomic mass is 10.0. The van der Waals surface area contributed by atoms with Gasteiger partial charge in [0, 0.05) is 12.6 Å². The number of rotatable bonds is 7. The fraction of sp³-hybridized carbons (Fsp3) is 0.400. The zero-order valence-corrected chi connectivity index (χ0v) is 16.5. The number of nitrogens with one attached hydrogen (secondary N) is 1. The van der Waals surface area contributed by atoms with Gasteiger partial charge in [0.05, 0.1) is 11.6 Å². The molecule has 1 N–H and O–H groups in total. The lowest BCUT2D eigenvalue weighted by Crippen LogP contribution is -2.30. The van der Waals surface area contributed by atoms with Crippen molar-refractivity contribution in [2.75, 3.05) is 5.32 Å². The van der Waals surface area contributed by atoms with Crippen LogP contribution in [0.3, 0.4) is 0 Å². The van der Waals surface area contributed by atoms with Crippen molar-refractivity contribution in [2.45, 2.75) is 53.2 Å². The molecule has 0 fully saturated rings. The highest BCUT2D eigenvalue weighted by atomic mass is 16.5. The van der Waals surface area contributed by atoms with Gasteiger partial charge in [-0.2, -0.15) is 0 Å². The molecule has 3 rings (SSSR count). The van der Waals surface area contributed by atoms with Gasteiger partial charge in [-0.25, -0.2) is 4.79 Å². The van der Waals surface area contributed by atoms with Crippen LogP contribution in [-0.2, 0) is 17.8 Å². The SMILES string of the molecule is CCCn1cc(NC(=O)C(C)Oc2cc(C)cc3oc(=O)cc(CC)c23)nn1. The Morgan fingerprint density at radius 1 is 1.32 bits per heavy atom. The average molecular weight is 384 g/mol. The van der Waals surface area contributed by atoms with E-state index in [1.165, 1.54) is 6.07 Å². The maximum atomic E-state index is 12.5. The summed E-state index contributed by atoms with van der Waals surface area (Å²) in [6.07, 6.45) is 2.47. The van der Waals surface area contributed by atoms with Gasteiger partial charge in [-0.3, -0.25) is 9.48 Å². The number of aromatic nitrogens is 3. The Kier molecular flexibility index (Phi) is 5.77. The van der Waals surface area contributed by atoms with Crippen molar-refractivity contribution in [1.82, 2.24) is 15.0 Å².